The van der Waals surface area contributed by atoms with Crippen LogP contribution in [0.4, 0.5) is 8.78 Å². The van der Waals surface area contributed by atoms with E-state index in [-0.39, 0.29) is 0 Å². The first-order valence-electron chi connectivity index (χ1n) is 4.87. The maximum absolute atomic E-state index is 13.3. The summed E-state index contributed by atoms with van der Waals surface area (Å²) >= 11 is 1.55. The second-order valence-corrected chi connectivity index (χ2v) is 4.55. The topological polar surface area (TPSA) is 26.3 Å². The van der Waals surface area contributed by atoms with E-state index in [1.54, 1.807) is 11.8 Å². The molecule has 1 aliphatic heterocycles. The number of Topliss-reactive ketones (excluding diaryl/α,β-unsaturated/α-hetero) is 1. The van der Waals surface area contributed by atoms with Gasteiger partial charge in [-0.1, -0.05) is 6.07 Å². The summed E-state index contributed by atoms with van der Waals surface area (Å²) in [6.45, 7) is 0.442. The monoisotopic (exact) mass is 244 g/mol. The molecule has 0 amide bonds. The van der Waals surface area contributed by atoms with Crippen LogP contribution in [0.25, 0.3) is 0 Å². The van der Waals surface area contributed by atoms with Gasteiger partial charge in [0.15, 0.2) is 5.78 Å². The lowest BCUT2D eigenvalue weighted by Gasteiger charge is -2.21. The van der Waals surface area contributed by atoms with Crippen LogP contribution in [-0.2, 0) is 4.74 Å². The van der Waals surface area contributed by atoms with Crippen LogP contribution in [-0.4, -0.2) is 30.0 Å². The SMILES string of the molecule is O=C(c1c(F)cccc1F)C1CSCCO1. The fourth-order valence-electron chi connectivity index (χ4n) is 1.53. The van der Waals surface area contributed by atoms with Crippen molar-refractivity contribution in [3.63, 3.8) is 0 Å². The molecule has 1 aromatic carbocycles. The summed E-state index contributed by atoms with van der Waals surface area (Å²) < 4.78 is 31.9. The summed E-state index contributed by atoms with van der Waals surface area (Å²) in [6, 6.07) is 3.39. The zero-order valence-corrected chi connectivity index (χ0v) is 9.23. The highest BCUT2D eigenvalue weighted by Crippen LogP contribution is 2.20. The molecule has 0 aliphatic carbocycles. The van der Waals surface area contributed by atoms with Gasteiger partial charge in [0, 0.05) is 11.5 Å². The molecule has 1 aromatic rings. The van der Waals surface area contributed by atoms with Crippen LogP contribution >= 0.6 is 11.8 Å². The number of hydrogen-bond donors (Lipinski definition) is 0. The molecule has 0 saturated carbocycles. The Hall–Kier alpha value is -0.940. The molecular formula is C11H10F2O2S. The highest BCUT2D eigenvalue weighted by Gasteiger charge is 2.28. The lowest BCUT2D eigenvalue weighted by atomic mass is 10.1. The van der Waals surface area contributed by atoms with Crippen molar-refractivity contribution in [3.8, 4) is 0 Å². The van der Waals surface area contributed by atoms with Gasteiger partial charge in [-0.05, 0) is 12.1 Å². The fourth-order valence-corrected chi connectivity index (χ4v) is 2.38. The first kappa shape index (κ1) is 11.5. The van der Waals surface area contributed by atoms with Crippen molar-refractivity contribution in [1.29, 1.82) is 0 Å². The lowest BCUT2D eigenvalue weighted by Crippen LogP contribution is -2.32. The number of halogens is 2. The number of ether oxygens (including phenoxy) is 1. The smallest absolute Gasteiger partial charge is 0.198 e. The van der Waals surface area contributed by atoms with Gasteiger partial charge in [-0.15, -0.1) is 0 Å². The predicted molar refractivity (Wildman–Crippen MR) is 57.8 cm³/mol. The Morgan fingerprint density at radius 1 is 1.38 bits per heavy atom. The molecule has 1 unspecified atom stereocenters. The van der Waals surface area contributed by atoms with Crippen LogP contribution in [0, 0.1) is 11.6 Å². The van der Waals surface area contributed by atoms with Crippen molar-refractivity contribution in [3.05, 3.63) is 35.4 Å². The Morgan fingerprint density at radius 3 is 2.62 bits per heavy atom. The van der Waals surface area contributed by atoms with Crippen LogP contribution in [0.1, 0.15) is 10.4 Å². The summed E-state index contributed by atoms with van der Waals surface area (Å²) in [5, 5.41) is 0. The summed E-state index contributed by atoms with van der Waals surface area (Å²) in [7, 11) is 0. The van der Waals surface area contributed by atoms with E-state index in [1.165, 1.54) is 6.07 Å². The Morgan fingerprint density at radius 2 is 2.06 bits per heavy atom. The second-order valence-electron chi connectivity index (χ2n) is 3.40. The van der Waals surface area contributed by atoms with Gasteiger partial charge in [0.25, 0.3) is 0 Å². The number of thioether (sulfide) groups is 1. The molecule has 1 saturated heterocycles. The third kappa shape index (κ3) is 2.25. The van der Waals surface area contributed by atoms with E-state index in [1.807, 2.05) is 0 Å². The van der Waals surface area contributed by atoms with Crippen molar-refractivity contribution >= 4 is 17.5 Å². The maximum Gasteiger partial charge on any atom is 0.198 e. The number of carbonyl (C=O) groups is 1. The lowest BCUT2D eigenvalue weighted by molar-refractivity contribution is 0.0511. The molecule has 16 heavy (non-hydrogen) atoms. The van der Waals surface area contributed by atoms with Crippen LogP contribution in [0.2, 0.25) is 0 Å². The fraction of sp³-hybridized carbons (Fsp3) is 0.364. The van der Waals surface area contributed by atoms with Gasteiger partial charge < -0.3 is 4.74 Å². The molecule has 1 fully saturated rings. The molecule has 0 radical (unpaired) electrons. The average Bonchev–Trinajstić information content (AvgIpc) is 2.30. The minimum absolute atomic E-state index is 0.442. The molecule has 86 valence electrons. The molecule has 1 atom stereocenters. The van der Waals surface area contributed by atoms with Crippen LogP contribution in [0.15, 0.2) is 18.2 Å². The number of hydrogen-bond acceptors (Lipinski definition) is 3. The van der Waals surface area contributed by atoms with Crippen molar-refractivity contribution in [2.75, 3.05) is 18.1 Å². The molecular weight excluding hydrogens is 234 g/mol. The Bertz CT molecular complexity index is 383. The molecule has 1 aliphatic rings. The normalized spacial score (nSPS) is 20.8. The molecule has 5 heteroatoms. The molecule has 0 spiro atoms. The van der Waals surface area contributed by atoms with Gasteiger partial charge in [-0.25, -0.2) is 8.78 Å². The van der Waals surface area contributed by atoms with Gasteiger partial charge in [-0.3, -0.25) is 4.79 Å². The first-order chi connectivity index (χ1) is 7.70. The van der Waals surface area contributed by atoms with E-state index in [2.05, 4.69) is 0 Å². The Balaban J connectivity index is 2.26. The summed E-state index contributed by atoms with van der Waals surface area (Å²) in [5.74, 6) is -1.01. The molecule has 0 N–H and O–H groups in total. The van der Waals surface area contributed by atoms with Gasteiger partial charge in [-0.2, -0.15) is 11.8 Å². The van der Waals surface area contributed by atoms with Crippen molar-refractivity contribution in [1.82, 2.24) is 0 Å². The van der Waals surface area contributed by atoms with Crippen molar-refractivity contribution < 1.29 is 18.3 Å². The standard InChI is InChI=1S/C11H10F2O2S/c12-7-2-1-3-8(13)10(7)11(14)9-6-16-5-4-15-9/h1-3,9H,4-6H2. The summed E-state index contributed by atoms with van der Waals surface area (Å²) in [5.41, 5.74) is -0.491. The van der Waals surface area contributed by atoms with E-state index in [4.69, 9.17) is 4.74 Å². The van der Waals surface area contributed by atoms with E-state index < -0.39 is 29.1 Å². The Labute approximate surface area is 96.0 Å². The number of carbonyl (C=O) groups excluding carboxylic acids is 1. The number of benzene rings is 1. The van der Waals surface area contributed by atoms with Crippen LogP contribution in [0.3, 0.4) is 0 Å². The van der Waals surface area contributed by atoms with Gasteiger partial charge in [0.1, 0.15) is 17.7 Å². The van der Waals surface area contributed by atoms with E-state index in [0.717, 1.165) is 17.9 Å². The average molecular weight is 244 g/mol. The van der Waals surface area contributed by atoms with Gasteiger partial charge >= 0.3 is 0 Å². The van der Waals surface area contributed by atoms with E-state index >= 15 is 0 Å². The van der Waals surface area contributed by atoms with Gasteiger partial charge in [0.2, 0.25) is 0 Å². The summed E-state index contributed by atoms with van der Waals surface area (Å²) in [6.07, 6.45) is -0.731. The van der Waals surface area contributed by atoms with E-state index in [9.17, 15) is 13.6 Å². The Kier molecular flexibility index (Phi) is 3.56. The molecule has 0 aromatic heterocycles. The number of ketones is 1. The van der Waals surface area contributed by atoms with Crippen molar-refractivity contribution in [2.45, 2.75) is 6.10 Å². The minimum Gasteiger partial charge on any atom is -0.368 e. The third-order valence-corrected chi connectivity index (χ3v) is 3.31. The van der Waals surface area contributed by atoms with Crippen LogP contribution in [0.5, 0.6) is 0 Å². The second kappa shape index (κ2) is 4.93. The third-order valence-electron chi connectivity index (χ3n) is 2.32. The predicted octanol–water partition coefficient (Wildman–Crippen LogP) is 2.28. The van der Waals surface area contributed by atoms with Gasteiger partial charge in [0.05, 0.1) is 12.2 Å². The first-order valence-corrected chi connectivity index (χ1v) is 6.03. The summed E-state index contributed by atoms with van der Waals surface area (Å²) in [4.78, 5) is 11.8. The van der Waals surface area contributed by atoms with Crippen LogP contribution < -0.4 is 0 Å². The zero-order valence-electron chi connectivity index (χ0n) is 8.41. The van der Waals surface area contributed by atoms with E-state index in [0.29, 0.717) is 12.4 Å². The molecule has 2 rings (SSSR count). The highest BCUT2D eigenvalue weighted by molar-refractivity contribution is 7.99. The zero-order chi connectivity index (χ0) is 11.5. The molecule has 2 nitrogen and oxygen atoms in total. The quantitative estimate of drug-likeness (QED) is 0.747. The van der Waals surface area contributed by atoms with Crippen molar-refractivity contribution in [2.24, 2.45) is 0 Å². The highest BCUT2D eigenvalue weighted by atomic mass is 32.2. The molecule has 0 bridgehead atoms. The molecule has 1 heterocycles. The largest absolute Gasteiger partial charge is 0.368 e. The maximum atomic E-state index is 13.3. The minimum atomic E-state index is -0.829. The number of rotatable bonds is 2.